The van der Waals surface area contributed by atoms with Crippen LogP contribution >= 0.6 is 0 Å². The number of rotatable bonds is 4. The second-order valence-corrected chi connectivity index (χ2v) is 16.2. The van der Waals surface area contributed by atoms with Crippen LogP contribution in [0.25, 0.3) is 0 Å². The molecule has 7 heteroatoms. The summed E-state index contributed by atoms with van der Waals surface area (Å²) >= 11 is 0. The van der Waals surface area contributed by atoms with Gasteiger partial charge in [-0.25, -0.2) is 8.42 Å². The zero-order chi connectivity index (χ0) is 20.8. The van der Waals surface area contributed by atoms with E-state index in [9.17, 15) is 18.6 Å². The van der Waals surface area contributed by atoms with Crippen molar-refractivity contribution in [2.75, 3.05) is 0 Å². The zero-order valence-electron chi connectivity index (χ0n) is 17.4. The second kappa shape index (κ2) is 7.59. The first-order chi connectivity index (χ1) is 12.2. The molecule has 1 aromatic rings. The fourth-order valence-electron chi connectivity index (χ4n) is 3.64. The molecule has 1 saturated carbocycles. The Morgan fingerprint density at radius 3 is 1.96 bits per heavy atom. The summed E-state index contributed by atoms with van der Waals surface area (Å²) in [6.07, 6.45) is -2.94. The van der Waals surface area contributed by atoms with Gasteiger partial charge in [-0.2, -0.15) is 0 Å². The summed E-state index contributed by atoms with van der Waals surface area (Å²) in [7, 11) is -6.00. The van der Waals surface area contributed by atoms with E-state index in [1.165, 1.54) is 12.1 Å². The van der Waals surface area contributed by atoms with Gasteiger partial charge in [0.1, 0.15) is 0 Å². The lowest BCUT2D eigenvalue weighted by Crippen LogP contribution is -2.62. The van der Waals surface area contributed by atoms with E-state index in [-0.39, 0.29) is 15.9 Å². The van der Waals surface area contributed by atoms with E-state index in [4.69, 9.17) is 4.43 Å². The summed E-state index contributed by atoms with van der Waals surface area (Å²) in [6, 6.07) is 8.14. The summed E-state index contributed by atoms with van der Waals surface area (Å²) in [4.78, 5) is 0.161. The van der Waals surface area contributed by atoms with Crippen LogP contribution in [-0.2, 0) is 14.3 Å². The molecule has 0 amide bonds. The summed E-state index contributed by atoms with van der Waals surface area (Å²) in [5.74, 6) is -0.802. The van der Waals surface area contributed by atoms with Crippen LogP contribution in [0.1, 0.15) is 34.6 Å². The second-order valence-electron chi connectivity index (χ2n) is 9.36. The van der Waals surface area contributed by atoms with Gasteiger partial charge in [0.25, 0.3) is 0 Å². The Morgan fingerprint density at radius 2 is 1.48 bits per heavy atom. The molecule has 0 saturated heterocycles. The minimum Gasteiger partial charge on any atom is -0.413 e. The van der Waals surface area contributed by atoms with Gasteiger partial charge in [0.2, 0.25) is 0 Å². The molecule has 2 N–H and O–H groups in total. The van der Waals surface area contributed by atoms with Crippen LogP contribution in [0, 0.1) is 11.8 Å². The molecule has 1 aliphatic carbocycles. The first-order valence-electron chi connectivity index (χ1n) is 9.54. The van der Waals surface area contributed by atoms with E-state index in [1.54, 1.807) is 18.2 Å². The third-order valence-corrected chi connectivity index (χ3v) is 13.3. The lowest BCUT2D eigenvalue weighted by atomic mass is 9.76. The molecule has 1 aromatic carbocycles. The van der Waals surface area contributed by atoms with Gasteiger partial charge in [0, 0.05) is 11.8 Å². The predicted molar refractivity (Wildman–Crippen MR) is 110 cm³/mol. The molecular weight excluding hydrogens is 380 g/mol. The van der Waals surface area contributed by atoms with Gasteiger partial charge in [-0.15, -0.1) is 0 Å². The van der Waals surface area contributed by atoms with Crippen LogP contribution in [0.2, 0.25) is 18.1 Å². The lowest BCUT2D eigenvalue weighted by molar-refractivity contribution is -0.103. The number of hydrogen-bond acceptors (Lipinski definition) is 5. The standard InChI is InChI=1S/C20H34O5SSi/c1-13-16(21)17(22)19(26(23,24)15-11-9-8-10-12-15)14(2)18(13)25-27(6,7)20(3,4)5/h8-14,16-19,21-22H,1-7H3/t13-,14+,16+,17+,18+,19-/m0/s1. The molecule has 27 heavy (non-hydrogen) atoms. The molecule has 0 heterocycles. The van der Waals surface area contributed by atoms with E-state index < -0.39 is 47.6 Å². The van der Waals surface area contributed by atoms with Crippen LogP contribution in [0.5, 0.6) is 0 Å². The average Bonchev–Trinajstić information content (AvgIpc) is 2.56. The Morgan fingerprint density at radius 1 is 0.963 bits per heavy atom. The van der Waals surface area contributed by atoms with Crippen molar-refractivity contribution in [1.29, 1.82) is 0 Å². The highest BCUT2D eigenvalue weighted by Crippen LogP contribution is 2.43. The summed E-state index contributed by atoms with van der Waals surface area (Å²) < 4.78 is 33.1. The molecule has 154 valence electrons. The number of hydrogen-bond donors (Lipinski definition) is 2. The smallest absolute Gasteiger partial charge is 0.192 e. The van der Waals surface area contributed by atoms with Gasteiger partial charge in [0.15, 0.2) is 18.2 Å². The minimum absolute atomic E-state index is 0.0404. The van der Waals surface area contributed by atoms with Gasteiger partial charge in [-0.05, 0) is 30.3 Å². The predicted octanol–water partition coefficient (Wildman–Crippen LogP) is 3.23. The highest BCUT2D eigenvalue weighted by atomic mass is 32.2. The van der Waals surface area contributed by atoms with Crippen LogP contribution in [0.3, 0.4) is 0 Å². The van der Waals surface area contributed by atoms with Crippen molar-refractivity contribution in [3.8, 4) is 0 Å². The van der Waals surface area contributed by atoms with Gasteiger partial charge < -0.3 is 14.6 Å². The van der Waals surface area contributed by atoms with Crippen molar-refractivity contribution in [1.82, 2.24) is 0 Å². The van der Waals surface area contributed by atoms with E-state index in [1.807, 2.05) is 13.8 Å². The molecule has 0 unspecified atom stereocenters. The number of sulfone groups is 1. The van der Waals surface area contributed by atoms with E-state index in [0.29, 0.717) is 0 Å². The molecule has 0 bridgehead atoms. The third-order valence-electron chi connectivity index (χ3n) is 6.45. The molecule has 0 aliphatic heterocycles. The van der Waals surface area contributed by atoms with Crippen LogP contribution in [0.15, 0.2) is 35.2 Å². The SMILES string of the molecule is C[C@@H]1[C@H](O[Si](C)(C)C(C)(C)C)[C@@H](C)[C@@H](O)[C@@H](O)[C@H]1S(=O)(=O)c1ccccc1. The molecule has 0 aromatic heterocycles. The van der Waals surface area contributed by atoms with Gasteiger partial charge in [-0.1, -0.05) is 52.8 Å². The molecule has 0 spiro atoms. The summed E-state index contributed by atoms with van der Waals surface area (Å²) in [5.41, 5.74) is 0. The van der Waals surface area contributed by atoms with Gasteiger partial charge in [0.05, 0.1) is 28.5 Å². The highest BCUT2D eigenvalue weighted by Gasteiger charge is 2.54. The Bertz CT molecular complexity index is 741. The largest absolute Gasteiger partial charge is 0.413 e. The van der Waals surface area contributed by atoms with Crippen molar-refractivity contribution >= 4 is 18.2 Å². The third kappa shape index (κ3) is 4.17. The number of aliphatic hydroxyl groups excluding tert-OH is 2. The van der Waals surface area contributed by atoms with Crippen molar-refractivity contribution in [3.63, 3.8) is 0 Å². The number of aliphatic hydroxyl groups is 2. The Balaban J connectivity index is 2.45. The van der Waals surface area contributed by atoms with Crippen molar-refractivity contribution in [2.24, 2.45) is 11.8 Å². The lowest BCUT2D eigenvalue weighted by Gasteiger charge is -2.49. The maximum Gasteiger partial charge on any atom is 0.192 e. The van der Waals surface area contributed by atoms with Crippen molar-refractivity contribution < 1.29 is 23.1 Å². The van der Waals surface area contributed by atoms with Crippen LogP contribution in [-0.4, -0.2) is 50.5 Å². The number of benzene rings is 1. The normalized spacial score (nSPS) is 33.1. The summed E-state index contributed by atoms with van der Waals surface area (Å²) in [5, 5.41) is 20.2. The Kier molecular flexibility index (Phi) is 6.34. The Labute approximate surface area is 164 Å². The highest BCUT2D eigenvalue weighted by molar-refractivity contribution is 7.92. The Hall–Kier alpha value is -0.733. The van der Waals surface area contributed by atoms with Crippen molar-refractivity contribution in [3.05, 3.63) is 30.3 Å². The van der Waals surface area contributed by atoms with Crippen LogP contribution < -0.4 is 0 Å². The topological polar surface area (TPSA) is 83.8 Å². The molecule has 1 aliphatic rings. The fraction of sp³-hybridized carbons (Fsp3) is 0.700. The van der Waals surface area contributed by atoms with Gasteiger partial charge >= 0.3 is 0 Å². The van der Waals surface area contributed by atoms with E-state index >= 15 is 0 Å². The van der Waals surface area contributed by atoms with Crippen LogP contribution in [0.4, 0.5) is 0 Å². The maximum atomic E-state index is 13.3. The molecule has 1 fully saturated rings. The molecule has 5 nitrogen and oxygen atoms in total. The first-order valence-corrected chi connectivity index (χ1v) is 14.0. The maximum absolute atomic E-state index is 13.3. The molecular formula is C20H34O5SSi. The van der Waals surface area contributed by atoms with Gasteiger partial charge in [-0.3, -0.25) is 0 Å². The molecule has 0 radical (unpaired) electrons. The van der Waals surface area contributed by atoms with E-state index in [0.717, 1.165) is 0 Å². The monoisotopic (exact) mass is 414 g/mol. The van der Waals surface area contributed by atoms with Crippen molar-refractivity contribution in [2.45, 2.75) is 81.2 Å². The van der Waals surface area contributed by atoms with E-state index in [2.05, 4.69) is 33.9 Å². The molecule has 2 rings (SSSR count). The first kappa shape index (κ1) is 22.6. The molecule has 6 atom stereocenters. The quantitative estimate of drug-likeness (QED) is 0.739. The average molecular weight is 415 g/mol. The zero-order valence-corrected chi connectivity index (χ0v) is 19.2. The minimum atomic E-state index is -3.82. The summed E-state index contributed by atoms with van der Waals surface area (Å²) in [6.45, 7) is 14.2. The fourth-order valence-corrected chi connectivity index (χ4v) is 7.20.